The molecule has 0 saturated carbocycles. The Balaban J connectivity index is 2.28. The summed E-state index contributed by atoms with van der Waals surface area (Å²) in [5.74, 6) is 0.916. The molecule has 0 radical (unpaired) electrons. The fourth-order valence-electron chi connectivity index (χ4n) is 1.27. The SMILES string of the molecule is Cc1nc(NCCCCCO)ccc1Br. The molecule has 0 bridgehead atoms. The molecule has 0 fully saturated rings. The normalized spacial score (nSPS) is 10.3. The van der Waals surface area contributed by atoms with Crippen LogP contribution in [0.15, 0.2) is 16.6 Å². The second kappa shape index (κ2) is 6.80. The van der Waals surface area contributed by atoms with E-state index in [1.54, 1.807) is 0 Å². The number of halogens is 1. The van der Waals surface area contributed by atoms with E-state index < -0.39 is 0 Å². The number of rotatable bonds is 6. The van der Waals surface area contributed by atoms with Gasteiger partial charge in [0.25, 0.3) is 0 Å². The van der Waals surface area contributed by atoms with Crippen LogP contribution in [0.3, 0.4) is 0 Å². The van der Waals surface area contributed by atoms with Crippen molar-refractivity contribution >= 4 is 21.7 Å². The maximum Gasteiger partial charge on any atom is 0.126 e. The van der Waals surface area contributed by atoms with Gasteiger partial charge in [0.05, 0.1) is 5.69 Å². The summed E-state index contributed by atoms with van der Waals surface area (Å²) < 4.78 is 1.04. The zero-order chi connectivity index (χ0) is 11.1. The number of hydrogen-bond donors (Lipinski definition) is 2. The molecule has 1 rings (SSSR count). The van der Waals surface area contributed by atoms with Crippen molar-refractivity contribution in [1.29, 1.82) is 0 Å². The van der Waals surface area contributed by atoms with Crippen LogP contribution in [0.2, 0.25) is 0 Å². The fourth-order valence-corrected chi connectivity index (χ4v) is 1.49. The number of hydrogen-bond acceptors (Lipinski definition) is 3. The van der Waals surface area contributed by atoms with Crippen LogP contribution in [0.1, 0.15) is 25.0 Å². The third-order valence-corrected chi connectivity index (χ3v) is 3.00. The number of nitrogens with one attached hydrogen (secondary N) is 1. The van der Waals surface area contributed by atoms with Crippen molar-refractivity contribution in [3.63, 3.8) is 0 Å². The molecule has 1 aromatic heterocycles. The van der Waals surface area contributed by atoms with Crippen molar-refractivity contribution in [1.82, 2.24) is 4.98 Å². The molecular weight excluding hydrogens is 256 g/mol. The monoisotopic (exact) mass is 272 g/mol. The molecule has 0 atom stereocenters. The molecule has 3 nitrogen and oxygen atoms in total. The van der Waals surface area contributed by atoms with Gasteiger partial charge in [-0.25, -0.2) is 4.98 Å². The van der Waals surface area contributed by atoms with E-state index in [1.807, 2.05) is 19.1 Å². The lowest BCUT2D eigenvalue weighted by atomic mass is 10.2. The predicted octanol–water partition coefficient (Wildman–Crippen LogP) is 2.73. The second-order valence-electron chi connectivity index (χ2n) is 3.47. The van der Waals surface area contributed by atoms with Gasteiger partial charge in [-0.2, -0.15) is 0 Å². The highest BCUT2D eigenvalue weighted by Crippen LogP contribution is 2.16. The first-order valence-corrected chi connectivity index (χ1v) is 6.01. The highest BCUT2D eigenvalue weighted by Gasteiger charge is 1.97. The quantitative estimate of drug-likeness (QED) is 0.783. The molecule has 0 aliphatic heterocycles. The zero-order valence-electron chi connectivity index (χ0n) is 8.96. The van der Waals surface area contributed by atoms with Crippen molar-refractivity contribution in [2.24, 2.45) is 0 Å². The van der Waals surface area contributed by atoms with Crippen molar-refractivity contribution in [3.05, 3.63) is 22.3 Å². The molecule has 0 saturated heterocycles. The Morgan fingerprint density at radius 1 is 1.33 bits per heavy atom. The molecular formula is C11H17BrN2O. The summed E-state index contributed by atoms with van der Waals surface area (Å²) in [6.07, 6.45) is 3.00. The largest absolute Gasteiger partial charge is 0.396 e. The molecule has 0 amide bonds. The topological polar surface area (TPSA) is 45.2 Å². The van der Waals surface area contributed by atoms with Crippen LogP contribution < -0.4 is 5.32 Å². The van der Waals surface area contributed by atoms with Gasteiger partial charge in [-0.3, -0.25) is 0 Å². The number of anilines is 1. The Hall–Kier alpha value is -0.610. The zero-order valence-corrected chi connectivity index (χ0v) is 10.5. The number of aromatic nitrogens is 1. The van der Waals surface area contributed by atoms with E-state index in [0.717, 1.165) is 41.8 Å². The summed E-state index contributed by atoms with van der Waals surface area (Å²) in [4.78, 5) is 4.38. The molecule has 0 unspecified atom stereocenters. The molecule has 15 heavy (non-hydrogen) atoms. The van der Waals surface area contributed by atoms with Gasteiger partial charge in [0.15, 0.2) is 0 Å². The first-order chi connectivity index (χ1) is 7.24. The number of pyridine rings is 1. The van der Waals surface area contributed by atoms with Gasteiger partial charge in [0.2, 0.25) is 0 Å². The standard InChI is InChI=1S/C11H17BrN2O/c1-9-10(12)5-6-11(14-9)13-7-3-2-4-8-15/h5-6,15H,2-4,7-8H2,1H3,(H,13,14). The molecule has 1 aromatic rings. The van der Waals surface area contributed by atoms with Gasteiger partial charge < -0.3 is 10.4 Å². The number of unbranched alkanes of at least 4 members (excludes halogenated alkanes) is 2. The highest BCUT2D eigenvalue weighted by molar-refractivity contribution is 9.10. The lowest BCUT2D eigenvalue weighted by molar-refractivity contribution is 0.283. The number of aryl methyl sites for hydroxylation is 1. The van der Waals surface area contributed by atoms with Crippen LogP contribution in [0, 0.1) is 6.92 Å². The molecule has 4 heteroatoms. The molecule has 0 aromatic carbocycles. The highest BCUT2D eigenvalue weighted by atomic mass is 79.9. The maximum absolute atomic E-state index is 8.61. The molecule has 0 spiro atoms. The minimum atomic E-state index is 0.287. The molecule has 84 valence electrons. The molecule has 0 aliphatic carbocycles. The number of aliphatic hydroxyl groups excluding tert-OH is 1. The molecule has 2 N–H and O–H groups in total. The third kappa shape index (κ3) is 4.62. The molecule has 0 aliphatic rings. The Morgan fingerprint density at radius 2 is 2.13 bits per heavy atom. The summed E-state index contributed by atoms with van der Waals surface area (Å²) in [6, 6.07) is 3.96. The summed E-state index contributed by atoms with van der Waals surface area (Å²) in [7, 11) is 0. The van der Waals surface area contributed by atoms with Gasteiger partial charge in [0.1, 0.15) is 5.82 Å². The fraction of sp³-hybridized carbons (Fsp3) is 0.545. The van der Waals surface area contributed by atoms with Gasteiger partial charge in [-0.15, -0.1) is 0 Å². The van der Waals surface area contributed by atoms with E-state index in [2.05, 4.69) is 26.2 Å². The van der Waals surface area contributed by atoms with Crippen molar-refractivity contribution in [2.45, 2.75) is 26.2 Å². The predicted molar refractivity (Wildman–Crippen MR) is 66.1 cm³/mol. The van der Waals surface area contributed by atoms with Crippen molar-refractivity contribution < 1.29 is 5.11 Å². The van der Waals surface area contributed by atoms with Gasteiger partial charge >= 0.3 is 0 Å². The molecule has 1 heterocycles. The van der Waals surface area contributed by atoms with Gasteiger partial charge in [0, 0.05) is 17.6 Å². The van der Waals surface area contributed by atoms with Crippen LogP contribution in [0.4, 0.5) is 5.82 Å². The Bertz CT molecular complexity index is 305. The van der Waals surface area contributed by atoms with Crippen molar-refractivity contribution in [2.75, 3.05) is 18.5 Å². The lowest BCUT2D eigenvalue weighted by Gasteiger charge is -2.06. The smallest absolute Gasteiger partial charge is 0.126 e. The van der Waals surface area contributed by atoms with E-state index in [1.165, 1.54) is 0 Å². The van der Waals surface area contributed by atoms with Crippen LogP contribution in [0.5, 0.6) is 0 Å². The number of nitrogens with zero attached hydrogens (tertiary/aromatic N) is 1. The minimum Gasteiger partial charge on any atom is -0.396 e. The minimum absolute atomic E-state index is 0.287. The summed E-state index contributed by atoms with van der Waals surface area (Å²) in [6.45, 7) is 3.17. The van der Waals surface area contributed by atoms with E-state index in [-0.39, 0.29) is 6.61 Å². The second-order valence-corrected chi connectivity index (χ2v) is 4.33. The Morgan fingerprint density at radius 3 is 2.80 bits per heavy atom. The van der Waals surface area contributed by atoms with Crippen LogP contribution in [-0.4, -0.2) is 23.2 Å². The average Bonchev–Trinajstić information content (AvgIpc) is 2.23. The van der Waals surface area contributed by atoms with Crippen molar-refractivity contribution in [3.8, 4) is 0 Å². The van der Waals surface area contributed by atoms with Crippen LogP contribution >= 0.6 is 15.9 Å². The Labute approximate surface area is 99.1 Å². The van der Waals surface area contributed by atoms with E-state index in [4.69, 9.17) is 5.11 Å². The average molecular weight is 273 g/mol. The summed E-state index contributed by atoms with van der Waals surface area (Å²) in [5, 5.41) is 11.9. The van der Waals surface area contributed by atoms with Crippen LogP contribution in [0.25, 0.3) is 0 Å². The van der Waals surface area contributed by atoms with Gasteiger partial charge in [-0.1, -0.05) is 0 Å². The number of aliphatic hydroxyl groups is 1. The maximum atomic E-state index is 8.61. The summed E-state index contributed by atoms with van der Waals surface area (Å²) in [5.41, 5.74) is 0.996. The lowest BCUT2D eigenvalue weighted by Crippen LogP contribution is -2.04. The van der Waals surface area contributed by atoms with Crippen LogP contribution in [-0.2, 0) is 0 Å². The summed E-state index contributed by atoms with van der Waals surface area (Å²) >= 11 is 3.41. The van der Waals surface area contributed by atoms with E-state index in [0.29, 0.717) is 0 Å². The first kappa shape index (κ1) is 12.5. The third-order valence-electron chi connectivity index (χ3n) is 2.16. The van der Waals surface area contributed by atoms with E-state index in [9.17, 15) is 0 Å². The van der Waals surface area contributed by atoms with E-state index >= 15 is 0 Å². The van der Waals surface area contributed by atoms with Gasteiger partial charge in [-0.05, 0) is 54.2 Å². The first-order valence-electron chi connectivity index (χ1n) is 5.22. The Kier molecular flexibility index (Phi) is 5.65.